The molecular weight excluding hydrogens is 314 g/mol. The summed E-state index contributed by atoms with van der Waals surface area (Å²) in [6.07, 6.45) is 1.00. The van der Waals surface area contributed by atoms with E-state index in [1.54, 1.807) is 11.8 Å². The van der Waals surface area contributed by atoms with E-state index in [0.29, 0.717) is 0 Å². The van der Waals surface area contributed by atoms with Gasteiger partial charge in [-0.25, -0.2) is 0 Å². The molecule has 0 aromatic heterocycles. The molecule has 0 aliphatic carbocycles. The summed E-state index contributed by atoms with van der Waals surface area (Å²) in [5.41, 5.74) is 2.12. The molecule has 0 unspecified atom stereocenters. The molecule has 0 spiro atoms. The number of nitrogens with one attached hydrogen (secondary N) is 1. The van der Waals surface area contributed by atoms with Gasteiger partial charge in [-0.3, -0.25) is 4.79 Å². The van der Waals surface area contributed by atoms with E-state index in [0.717, 1.165) is 17.0 Å². The van der Waals surface area contributed by atoms with Gasteiger partial charge in [-0.1, -0.05) is 49.4 Å². The highest BCUT2D eigenvalue weighted by Crippen LogP contribution is 2.27. The van der Waals surface area contributed by atoms with Crippen molar-refractivity contribution in [3.63, 3.8) is 0 Å². The first kappa shape index (κ1) is 16.6. The maximum absolute atomic E-state index is 12.4. The van der Waals surface area contributed by atoms with E-state index in [1.807, 2.05) is 31.2 Å². The molecule has 0 saturated carbocycles. The SMILES string of the molecule is CCc1ccc(NC(=O)[C@@H](C)Sc2ccc3ccccc3c2)cc1. The van der Waals surface area contributed by atoms with Crippen molar-refractivity contribution in [2.45, 2.75) is 30.4 Å². The first-order valence-electron chi connectivity index (χ1n) is 8.21. The number of benzene rings is 3. The maximum atomic E-state index is 12.4. The number of hydrogen-bond donors (Lipinski definition) is 1. The predicted octanol–water partition coefficient (Wildman–Crippen LogP) is 5.52. The van der Waals surface area contributed by atoms with Crippen molar-refractivity contribution in [3.05, 3.63) is 72.3 Å². The van der Waals surface area contributed by atoms with Crippen molar-refractivity contribution in [1.29, 1.82) is 0 Å². The van der Waals surface area contributed by atoms with Crippen LogP contribution in [-0.4, -0.2) is 11.2 Å². The van der Waals surface area contributed by atoms with Crippen molar-refractivity contribution < 1.29 is 4.79 Å². The zero-order chi connectivity index (χ0) is 16.9. The lowest BCUT2D eigenvalue weighted by Crippen LogP contribution is -2.22. The number of thioether (sulfide) groups is 1. The number of rotatable bonds is 5. The summed E-state index contributed by atoms with van der Waals surface area (Å²) in [7, 11) is 0. The molecule has 3 aromatic carbocycles. The zero-order valence-electron chi connectivity index (χ0n) is 14.0. The van der Waals surface area contributed by atoms with Crippen LogP contribution in [0.1, 0.15) is 19.4 Å². The first-order chi connectivity index (χ1) is 11.7. The average Bonchev–Trinajstić information content (AvgIpc) is 2.62. The molecule has 0 aliphatic rings. The van der Waals surface area contributed by atoms with E-state index in [1.165, 1.54) is 16.3 Å². The smallest absolute Gasteiger partial charge is 0.237 e. The van der Waals surface area contributed by atoms with Gasteiger partial charge in [-0.2, -0.15) is 0 Å². The monoisotopic (exact) mass is 335 g/mol. The van der Waals surface area contributed by atoms with E-state index in [2.05, 4.69) is 54.7 Å². The van der Waals surface area contributed by atoms with E-state index >= 15 is 0 Å². The molecule has 0 radical (unpaired) electrons. The minimum Gasteiger partial charge on any atom is -0.325 e. The van der Waals surface area contributed by atoms with Gasteiger partial charge in [0, 0.05) is 10.6 Å². The molecule has 3 heteroatoms. The van der Waals surface area contributed by atoms with Crippen molar-refractivity contribution in [2.24, 2.45) is 0 Å². The molecule has 0 fully saturated rings. The van der Waals surface area contributed by atoms with E-state index in [4.69, 9.17) is 0 Å². The number of carbonyl (C=O) groups is 1. The molecule has 1 N–H and O–H groups in total. The lowest BCUT2D eigenvalue weighted by Gasteiger charge is -2.13. The fourth-order valence-electron chi connectivity index (χ4n) is 2.57. The number of amides is 1. The van der Waals surface area contributed by atoms with Gasteiger partial charge in [-0.15, -0.1) is 11.8 Å². The second kappa shape index (κ2) is 7.54. The second-order valence-electron chi connectivity index (χ2n) is 5.81. The van der Waals surface area contributed by atoms with Crippen LogP contribution in [0.15, 0.2) is 71.6 Å². The number of carbonyl (C=O) groups excluding carboxylic acids is 1. The Balaban J connectivity index is 1.65. The van der Waals surface area contributed by atoms with Gasteiger partial charge in [-0.05, 0) is 53.9 Å². The summed E-state index contributed by atoms with van der Waals surface area (Å²) in [6, 6.07) is 22.6. The third kappa shape index (κ3) is 3.98. The summed E-state index contributed by atoms with van der Waals surface area (Å²) < 4.78 is 0. The molecule has 24 heavy (non-hydrogen) atoms. The van der Waals surface area contributed by atoms with Gasteiger partial charge in [0.2, 0.25) is 5.91 Å². The van der Waals surface area contributed by atoms with Crippen LogP contribution in [0.3, 0.4) is 0 Å². The summed E-state index contributed by atoms with van der Waals surface area (Å²) in [5, 5.41) is 5.25. The summed E-state index contributed by atoms with van der Waals surface area (Å²) >= 11 is 1.58. The van der Waals surface area contributed by atoms with E-state index in [9.17, 15) is 4.79 Å². The average molecular weight is 335 g/mol. The van der Waals surface area contributed by atoms with Crippen LogP contribution in [0.4, 0.5) is 5.69 Å². The van der Waals surface area contributed by atoms with Crippen molar-refractivity contribution in [2.75, 3.05) is 5.32 Å². The van der Waals surface area contributed by atoms with E-state index < -0.39 is 0 Å². The third-order valence-electron chi connectivity index (χ3n) is 4.03. The van der Waals surface area contributed by atoms with Crippen molar-refractivity contribution in [1.82, 2.24) is 0 Å². The Morgan fingerprint density at radius 3 is 2.42 bits per heavy atom. The molecule has 0 heterocycles. The zero-order valence-corrected chi connectivity index (χ0v) is 14.8. The highest BCUT2D eigenvalue weighted by molar-refractivity contribution is 8.00. The van der Waals surface area contributed by atoms with Gasteiger partial charge < -0.3 is 5.32 Å². The Morgan fingerprint density at radius 2 is 1.71 bits per heavy atom. The first-order valence-corrected chi connectivity index (χ1v) is 9.09. The lowest BCUT2D eigenvalue weighted by atomic mass is 10.1. The van der Waals surface area contributed by atoms with E-state index in [-0.39, 0.29) is 11.2 Å². The summed E-state index contributed by atoms with van der Waals surface area (Å²) in [6.45, 7) is 4.06. The number of fused-ring (bicyclic) bond motifs is 1. The normalized spacial score (nSPS) is 12.1. The standard InChI is InChI=1S/C21H21NOS/c1-3-16-8-11-19(12-9-16)22-21(23)15(2)24-20-13-10-17-6-4-5-7-18(17)14-20/h4-15H,3H2,1-2H3,(H,22,23)/t15-/m1/s1. The second-order valence-corrected chi connectivity index (χ2v) is 7.22. The van der Waals surface area contributed by atoms with Crippen LogP contribution in [0.5, 0.6) is 0 Å². The third-order valence-corrected chi connectivity index (χ3v) is 5.13. The van der Waals surface area contributed by atoms with Crippen LogP contribution in [0.25, 0.3) is 10.8 Å². The minimum absolute atomic E-state index is 0.0254. The van der Waals surface area contributed by atoms with Crippen LogP contribution < -0.4 is 5.32 Å². The molecule has 1 atom stereocenters. The molecule has 0 saturated heterocycles. The van der Waals surface area contributed by atoms with Gasteiger partial charge in [0.1, 0.15) is 0 Å². The van der Waals surface area contributed by atoms with Gasteiger partial charge in [0.15, 0.2) is 0 Å². The molecule has 2 nitrogen and oxygen atoms in total. The number of hydrogen-bond acceptors (Lipinski definition) is 2. The van der Waals surface area contributed by atoms with Crippen molar-refractivity contribution >= 4 is 34.1 Å². The Labute approximate surface area is 147 Å². The van der Waals surface area contributed by atoms with Crippen LogP contribution in [0.2, 0.25) is 0 Å². The van der Waals surface area contributed by atoms with Crippen LogP contribution in [0, 0.1) is 0 Å². The van der Waals surface area contributed by atoms with Crippen molar-refractivity contribution in [3.8, 4) is 0 Å². The predicted molar refractivity (Wildman–Crippen MR) is 104 cm³/mol. The Kier molecular flexibility index (Phi) is 5.21. The Morgan fingerprint density at radius 1 is 1.00 bits per heavy atom. The summed E-state index contributed by atoms with van der Waals surface area (Å²) in [5.74, 6) is 0.0254. The topological polar surface area (TPSA) is 29.1 Å². The lowest BCUT2D eigenvalue weighted by molar-refractivity contribution is -0.115. The molecular formula is C21H21NOS. The Bertz CT molecular complexity index is 842. The maximum Gasteiger partial charge on any atom is 0.237 e. The molecule has 122 valence electrons. The molecule has 3 aromatic rings. The Hall–Kier alpha value is -2.26. The summed E-state index contributed by atoms with van der Waals surface area (Å²) in [4.78, 5) is 13.5. The molecule has 3 rings (SSSR count). The quantitative estimate of drug-likeness (QED) is 0.622. The minimum atomic E-state index is -0.156. The highest BCUT2D eigenvalue weighted by atomic mass is 32.2. The van der Waals surface area contributed by atoms with Gasteiger partial charge in [0.05, 0.1) is 5.25 Å². The molecule has 0 aliphatic heterocycles. The fourth-order valence-corrected chi connectivity index (χ4v) is 3.48. The fraction of sp³-hybridized carbons (Fsp3) is 0.190. The largest absolute Gasteiger partial charge is 0.325 e. The van der Waals surface area contributed by atoms with Gasteiger partial charge >= 0.3 is 0 Å². The highest BCUT2D eigenvalue weighted by Gasteiger charge is 2.14. The van der Waals surface area contributed by atoms with Crippen LogP contribution >= 0.6 is 11.8 Å². The van der Waals surface area contributed by atoms with Gasteiger partial charge in [0.25, 0.3) is 0 Å². The molecule has 1 amide bonds. The van der Waals surface area contributed by atoms with Crippen LogP contribution in [-0.2, 0) is 11.2 Å². The number of anilines is 1. The molecule has 0 bridgehead atoms. The number of aryl methyl sites for hydroxylation is 1.